The Hall–Kier alpha value is -1.25. The third-order valence-electron chi connectivity index (χ3n) is 1.37. The van der Waals surface area contributed by atoms with Gasteiger partial charge >= 0.3 is 0 Å². The van der Waals surface area contributed by atoms with Gasteiger partial charge in [0.2, 0.25) is 0 Å². The zero-order valence-corrected chi connectivity index (χ0v) is 5.96. The fourth-order valence-corrected chi connectivity index (χ4v) is 0.722. The smallest absolute Gasteiger partial charge is 0.148 e. The third-order valence-corrected chi connectivity index (χ3v) is 1.37. The zero-order chi connectivity index (χ0) is 7.56. The lowest BCUT2D eigenvalue weighted by molar-refractivity contribution is 0.320. The van der Waals surface area contributed by atoms with E-state index in [0.717, 1.165) is 11.3 Å². The van der Waals surface area contributed by atoms with Crippen molar-refractivity contribution >= 4 is 6.21 Å². The van der Waals surface area contributed by atoms with E-state index in [1.54, 1.807) is 0 Å². The van der Waals surface area contributed by atoms with Crippen LogP contribution in [0.3, 0.4) is 0 Å². The predicted octanol–water partition coefficient (Wildman–Crippen LogP) is 1.70. The highest BCUT2D eigenvalue weighted by Gasteiger charge is 1.99. The second-order valence-corrected chi connectivity index (χ2v) is 2.13. The van der Waals surface area contributed by atoms with E-state index in [1.165, 1.54) is 6.21 Å². The van der Waals surface area contributed by atoms with Gasteiger partial charge < -0.3 is 9.62 Å². The Morgan fingerprint density at radius 3 is 2.70 bits per heavy atom. The van der Waals surface area contributed by atoms with Crippen molar-refractivity contribution in [1.82, 2.24) is 0 Å². The van der Waals surface area contributed by atoms with Gasteiger partial charge in [-0.2, -0.15) is 0 Å². The Morgan fingerprint density at radius 2 is 2.30 bits per heavy atom. The van der Waals surface area contributed by atoms with Gasteiger partial charge in [-0.25, -0.2) is 0 Å². The molecule has 1 heterocycles. The molecule has 10 heavy (non-hydrogen) atoms. The van der Waals surface area contributed by atoms with Crippen LogP contribution in [-0.4, -0.2) is 11.4 Å². The number of furan rings is 1. The van der Waals surface area contributed by atoms with Crippen molar-refractivity contribution < 1.29 is 9.62 Å². The van der Waals surface area contributed by atoms with Crippen molar-refractivity contribution in [2.45, 2.75) is 13.8 Å². The molecule has 0 atom stereocenters. The molecule has 3 nitrogen and oxygen atoms in total. The van der Waals surface area contributed by atoms with Gasteiger partial charge in [0.1, 0.15) is 17.7 Å². The van der Waals surface area contributed by atoms with Crippen LogP contribution < -0.4 is 0 Å². The zero-order valence-electron chi connectivity index (χ0n) is 5.96. The largest absolute Gasteiger partial charge is 0.460 e. The lowest BCUT2D eigenvalue weighted by atomic mass is 10.3. The lowest BCUT2D eigenvalue weighted by Gasteiger charge is -1.81. The summed E-state index contributed by atoms with van der Waals surface area (Å²) in [6, 6.07) is 1.81. The molecule has 0 aliphatic carbocycles. The number of aryl methyl sites for hydroxylation is 2. The summed E-state index contributed by atoms with van der Waals surface area (Å²) < 4.78 is 5.15. The summed E-state index contributed by atoms with van der Waals surface area (Å²) in [5, 5.41) is 11.0. The van der Waals surface area contributed by atoms with E-state index in [1.807, 2.05) is 19.9 Å². The molecule has 0 aromatic carbocycles. The Morgan fingerprint density at radius 1 is 1.60 bits per heavy atom. The molecule has 0 fully saturated rings. The molecule has 0 radical (unpaired) electrons. The number of hydrogen-bond donors (Lipinski definition) is 1. The van der Waals surface area contributed by atoms with E-state index < -0.39 is 0 Å². The van der Waals surface area contributed by atoms with Crippen molar-refractivity contribution in [3.8, 4) is 0 Å². The molecule has 0 bridgehead atoms. The van der Waals surface area contributed by atoms with Crippen LogP contribution >= 0.6 is 0 Å². The average molecular weight is 139 g/mol. The van der Waals surface area contributed by atoms with Gasteiger partial charge in [0.15, 0.2) is 0 Å². The van der Waals surface area contributed by atoms with Gasteiger partial charge in [-0.3, -0.25) is 0 Å². The van der Waals surface area contributed by atoms with Gasteiger partial charge in [-0.05, 0) is 25.5 Å². The molecule has 54 valence electrons. The van der Waals surface area contributed by atoms with E-state index >= 15 is 0 Å². The molecule has 0 spiro atoms. The summed E-state index contributed by atoms with van der Waals surface area (Å²) in [7, 11) is 0. The van der Waals surface area contributed by atoms with E-state index in [4.69, 9.17) is 9.62 Å². The molecule has 0 saturated heterocycles. The lowest BCUT2D eigenvalue weighted by Crippen LogP contribution is -1.71. The van der Waals surface area contributed by atoms with E-state index in [2.05, 4.69) is 5.16 Å². The molecule has 1 N–H and O–H groups in total. The van der Waals surface area contributed by atoms with Crippen LogP contribution in [0.5, 0.6) is 0 Å². The molecule has 0 saturated carbocycles. The van der Waals surface area contributed by atoms with Crippen LogP contribution in [0.25, 0.3) is 0 Å². The number of nitrogens with zero attached hydrogens (tertiary/aromatic N) is 1. The molecule has 3 heteroatoms. The van der Waals surface area contributed by atoms with E-state index in [0.29, 0.717) is 5.76 Å². The molecule has 0 unspecified atom stereocenters. The van der Waals surface area contributed by atoms with Crippen molar-refractivity contribution in [2.75, 3.05) is 0 Å². The van der Waals surface area contributed by atoms with E-state index in [-0.39, 0.29) is 0 Å². The quantitative estimate of drug-likeness (QED) is 0.365. The topological polar surface area (TPSA) is 45.7 Å². The monoisotopic (exact) mass is 139 g/mol. The molecule has 0 aliphatic heterocycles. The second-order valence-electron chi connectivity index (χ2n) is 2.13. The predicted molar refractivity (Wildman–Crippen MR) is 37.6 cm³/mol. The number of oxime groups is 1. The Labute approximate surface area is 59.0 Å². The van der Waals surface area contributed by atoms with Crippen molar-refractivity contribution in [2.24, 2.45) is 5.16 Å². The summed E-state index contributed by atoms with van der Waals surface area (Å²) in [6.07, 6.45) is 1.26. The van der Waals surface area contributed by atoms with E-state index in [9.17, 15) is 0 Å². The Kier molecular flexibility index (Phi) is 1.76. The van der Waals surface area contributed by atoms with Gasteiger partial charge in [0.05, 0.1) is 0 Å². The molecule has 1 aromatic heterocycles. The van der Waals surface area contributed by atoms with Crippen LogP contribution in [0.1, 0.15) is 17.1 Å². The second kappa shape index (κ2) is 2.56. The fourth-order valence-electron chi connectivity index (χ4n) is 0.722. The average Bonchev–Trinajstić information content (AvgIpc) is 2.14. The van der Waals surface area contributed by atoms with Gasteiger partial charge in [0.25, 0.3) is 0 Å². The summed E-state index contributed by atoms with van der Waals surface area (Å²) >= 11 is 0. The summed E-state index contributed by atoms with van der Waals surface area (Å²) in [5.74, 6) is 1.44. The van der Waals surface area contributed by atoms with Crippen molar-refractivity contribution in [3.63, 3.8) is 0 Å². The first kappa shape index (κ1) is 6.86. The maximum atomic E-state index is 8.13. The first-order valence-corrected chi connectivity index (χ1v) is 2.98. The number of hydrogen-bond acceptors (Lipinski definition) is 3. The minimum Gasteiger partial charge on any atom is -0.460 e. The Bertz CT molecular complexity index is 231. The maximum absolute atomic E-state index is 8.13. The molecule has 1 rings (SSSR count). The molecular formula is C7H9NO2. The summed E-state index contributed by atoms with van der Waals surface area (Å²) in [6.45, 7) is 3.80. The van der Waals surface area contributed by atoms with Crippen LogP contribution in [0.15, 0.2) is 15.6 Å². The normalized spacial score (nSPS) is 11.0. The molecule has 1 aromatic rings. The molecule has 0 amide bonds. The minimum absolute atomic E-state index is 0.581. The van der Waals surface area contributed by atoms with Crippen molar-refractivity contribution in [3.05, 3.63) is 23.2 Å². The van der Waals surface area contributed by atoms with Gasteiger partial charge in [-0.15, -0.1) is 0 Å². The maximum Gasteiger partial charge on any atom is 0.148 e. The van der Waals surface area contributed by atoms with Crippen molar-refractivity contribution in [1.29, 1.82) is 0 Å². The first-order chi connectivity index (χ1) is 4.74. The molecular weight excluding hydrogens is 130 g/mol. The minimum atomic E-state index is 0.581. The van der Waals surface area contributed by atoms with Gasteiger partial charge in [-0.1, -0.05) is 5.16 Å². The highest BCUT2D eigenvalue weighted by atomic mass is 16.4. The van der Waals surface area contributed by atoms with Crippen LogP contribution in [-0.2, 0) is 0 Å². The standard InChI is InChI=1S/C7H9NO2/c1-5-3-7(4-8-9)10-6(5)2/h3-4,9H,1-2H3. The van der Waals surface area contributed by atoms with Crippen LogP contribution in [0, 0.1) is 13.8 Å². The first-order valence-electron chi connectivity index (χ1n) is 2.98. The third kappa shape index (κ3) is 1.18. The Balaban J connectivity index is 2.98. The number of rotatable bonds is 1. The summed E-state index contributed by atoms with van der Waals surface area (Å²) in [4.78, 5) is 0. The SMILES string of the molecule is Cc1cc(C=NO)oc1C. The van der Waals surface area contributed by atoms with Crippen LogP contribution in [0.2, 0.25) is 0 Å². The molecule has 0 aliphatic rings. The highest BCUT2D eigenvalue weighted by molar-refractivity contribution is 5.75. The fraction of sp³-hybridized carbons (Fsp3) is 0.286. The van der Waals surface area contributed by atoms with Crippen LogP contribution in [0.4, 0.5) is 0 Å². The van der Waals surface area contributed by atoms with Gasteiger partial charge in [0, 0.05) is 0 Å². The summed E-state index contributed by atoms with van der Waals surface area (Å²) in [5.41, 5.74) is 1.06. The highest BCUT2D eigenvalue weighted by Crippen LogP contribution is 2.10.